The molecule has 4 rings (SSSR count). The van der Waals surface area contributed by atoms with Crippen LogP contribution in [0.3, 0.4) is 0 Å². The largest absolute Gasteiger partial charge is 0.367 e. The summed E-state index contributed by atoms with van der Waals surface area (Å²) >= 11 is 6.28. The summed E-state index contributed by atoms with van der Waals surface area (Å²) in [4.78, 5) is 17.0. The Labute approximate surface area is 143 Å². The number of hydrogen-bond acceptors (Lipinski definition) is 2. The standard InChI is InChI=1S/C19H25ClN2O/c20-17-3-1-2-4-18(17)21-7-9-22(10-8-21)19(23)13-16-12-14-5-6-15(16)11-14/h1-4,14-16H,5-13H2. The van der Waals surface area contributed by atoms with Crippen molar-refractivity contribution in [2.75, 3.05) is 31.1 Å². The van der Waals surface area contributed by atoms with Gasteiger partial charge in [0.1, 0.15) is 0 Å². The molecule has 1 aromatic rings. The highest BCUT2D eigenvalue weighted by molar-refractivity contribution is 6.33. The second kappa shape index (κ2) is 6.35. The van der Waals surface area contributed by atoms with E-state index < -0.39 is 0 Å². The Balaban J connectivity index is 1.31. The van der Waals surface area contributed by atoms with Crippen molar-refractivity contribution in [3.63, 3.8) is 0 Å². The summed E-state index contributed by atoms with van der Waals surface area (Å²) in [5.41, 5.74) is 1.09. The molecular weight excluding hydrogens is 308 g/mol. The van der Waals surface area contributed by atoms with Crippen LogP contribution in [0.2, 0.25) is 5.02 Å². The Bertz CT molecular complexity index is 582. The van der Waals surface area contributed by atoms with Crippen LogP contribution in [0.25, 0.3) is 0 Å². The van der Waals surface area contributed by atoms with E-state index in [1.54, 1.807) is 0 Å². The summed E-state index contributed by atoms with van der Waals surface area (Å²) < 4.78 is 0. The second-order valence-corrected chi connectivity index (χ2v) is 7.87. The minimum atomic E-state index is 0.376. The number of carbonyl (C=O) groups excluding carboxylic acids is 1. The van der Waals surface area contributed by atoms with Crippen LogP contribution in [0.15, 0.2) is 24.3 Å². The van der Waals surface area contributed by atoms with Crippen molar-refractivity contribution >= 4 is 23.2 Å². The van der Waals surface area contributed by atoms with Gasteiger partial charge in [-0.15, -0.1) is 0 Å². The van der Waals surface area contributed by atoms with Gasteiger partial charge in [-0.3, -0.25) is 4.79 Å². The molecule has 1 aromatic carbocycles. The number of amides is 1. The second-order valence-electron chi connectivity index (χ2n) is 7.46. The lowest BCUT2D eigenvalue weighted by atomic mass is 9.86. The molecule has 124 valence electrons. The van der Waals surface area contributed by atoms with Gasteiger partial charge in [-0.05, 0) is 49.1 Å². The summed E-state index contributed by atoms with van der Waals surface area (Å²) in [5.74, 6) is 2.81. The fraction of sp³-hybridized carbons (Fsp3) is 0.632. The fourth-order valence-electron chi connectivity index (χ4n) is 4.88. The monoisotopic (exact) mass is 332 g/mol. The highest BCUT2D eigenvalue weighted by atomic mass is 35.5. The summed E-state index contributed by atoms with van der Waals surface area (Å²) in [5, 5.41) is 0.800. The third kappa shape index (κ3) is 3.08. The maximum Gasteiger partial charge on any atom is 0.222 e. The third-order valence-electron chi connectivity index (χ3n) is 6.15. The zero-order chi connectivity index (χ0) is 15.8. The van der Waals surface area contributed by atoms with E-state index in [2.05, 4.69) is 15.9 Å². The van der Waals surface area contributed by atoms with Crippen LogP contribution in [-0.2, 0) is 4.79 Å². The van der Waals surface area contributed by atoms with Crippen LogP contribution in [0, 0.1) is 17.8 Å². The molecule has 0 aromatic heterocycles. The molecule has 4 heteroatoms. The van der Waals surface area contributed by atoms with Crippen molar-refractivity contribution in [2.45, 2.75) is 32.1 Å². The topological polar surface area (TPSA) is 23.6 Å². The SMILES string of the molecule is O=C(CC1CC2CCC1C2)N1CCN(c2ccccc2Cl)CC1. The number of anilines is 1. The van der Waals surface area contributed by atoms with Crippen LogP contribution < -0.4 is 4.90 Å². The maximum absolute atomic E-state index is 12.6. The molecule has 0 N–H and O–H groups in total. The summed E-state index contributed by atoms with van der Waals surface area (Å²) in [7, 11) is 0. The Morgan fingerprint density at radius 1 is 1.09 bits per heavy atom. The molecule has 3 aliphatic rings. The molecule has 2 bridgehead atoms. The van der Waals surface area contributed by atoms with Crippen LogP contribution in [0.5, 0.6) is 0 Å². The fourth-order valence-corrected chi connectivity index (χ4v) is 5.14. The first-order valence-corrected chi connectivity index (χ1v) is 9.36. The molecule has 3 fully saturated rings. The van der Waals surface area contributed by atoms with Crippen LogP contribution in [0.1, 0.15) is 32.1 Å². The summed E-state index contributed by atoms with van der Waals surface area (Å²) in [6.45, 7) is 3.41. The van der Waals surface area contributed by atoms with E-state index in [-0.39, 0.29) is 0 Å². The average Bonchev–Trinajstić information content (AvgIpc) is 3.18. The first kappa shape index (κ1) is 15.3. The molecule has 1 saturated heterocycles. The van der Waals surface area contributed by atoms with Gasteiger partial charge in [0.15, 0.2) is 0 Å². The molecule has 0 radical (unpaired) electrons. The third-order valence-corrected chi connectivity index (χ3v) is 6.47. The minimum absolute atomic E-state index is 0.376. The lowest BCUT2D eigenvalue weighted by Gasteiger charge is -2.37. The number of carbonyl (C=O) groups is 1. The summed E-state index contributed by atoms with van der Waals surface area (Å²) in [6.07, 6.45) is 6.25. The summed E-state index contributed by atoms with van der Waals surface area (Å²) in [6, 6.07) is 7.98. The normalized spacial score (nSPS) is 30.0. The number of nitrogens with zero attached hydrogens (tertiary/aromatic N) is 2. The quantitative estimate of drug-likeness (QED) is 0.840. The number of halogens is 1. The van der Waals surface area contributed by atoms with E-state index in [1.165, 1.54) is 25.7 Å². The first-order chi connectivity index (χ1) is 11.2. The number of fused-ring (bicyclic) bond motifs is 2. The van der Waals surface area contributed by atoms with E-state index in [4.69, 9.17) is 11.6 Å². The number of hydrogen-bond donors (Lipinski definition) is 0. The van der Waals surface area contributed by atoms with Crippen LogP contribution in [0.4, 0.5) is 5.69 Å². The Hall–Kier alpha value is -1.22. The lowest BCUT2D eigenvalue weighted by molar-refractivity contribution is -0.132. The number of piperazine rings is 1. The molecule has 1 heterocycles. The smallest absolute Gasteiger partial charge is 0.222 e. The predicted molar refractivity (Wildman–Crippen MR) is 93.8 cm³/mol. The molecule has 0 spiro atoms. The van der Waals surface area contributed by atoms with E-state index in [9.17, 15) is 4.79 Å². The molecule has 3 unspecified atom stereocenters. The Morgan fingerprint density at radius 2 is 1.87 bits per heavy atom. The Morgan fingerprint density at radius 3 is 2.52 bits per heavy atom. The predicted octanol–water partition coefficient (Wildman–Crippen LogP) is 3.81. The van der Waals surface area contributed by atoms with Crippen molar-refractivity contribution in [1.82, 2.24) is 4.90 Å². The molecular formula is C19H25ClN2O. The Kier molecular flexibility index (Phi) is 4.23. The molecule has 1 amide bonds. The molecule has 2 aliphatic carbocycles. The van der Waals surface area contributed by atoms with Gasteiger partial charge in [0.25, 0.3) is 0 Å². The van der Waals surface area contributed by atoms with Crippen LogP contribution in [-0.4, -0.2) is 37.0 Å². The minimum Gasteiger partial charge on any atom is -0.367 e. The molecule has 1 aliphatic heterocycles. The van der Waals surface area contributed by atoms with Gasteiger partial charge in [0, 0.05) is 32.6 Å². The molecule has 2 saturated carbocycles. The highest BCUT2D eigenvalue weighted by Gasteiger charge is 2.40. The first-order valence-electron chi connectivity index (χ1n) is 8.98. The van der Waals surface area contributed by atoms with E-state index >= 15 is 0 Å². The zero-order valence-corrected chi connectivity index (χ0v) is 14.3. The van der Waals surface area contributed by atoms with Crippen molar-refractivity contribution in [1.29, 1.82) is 0 Å². The van der Waals surface area contributed by atoms with Crippen molar-refractivity contribution in [3.05, 3.63) is 29.3 Å². The van der Waals surface area contributed by atoms with Gasteiger partial charge in [-0.1, -0.05) is 30.2 Å². The van der Waals surface area contributed by atoms with Gasteiger partial charge in [0.05, 0.1) is 10.7 Å². The van der Waals surface area contributed by atoms with Gasteiger partial charge in [0.2, 0.25) is 5.91 Å². The van der Waals surface area contributed by atoms with Crippen molar-refractivity contribution in [3.8, 4) is 0 Å². The van der Waals surface area contributed by atoms with Crippen molar-refractivity contribution in [2.24, 2.45) is 17.8 Å². The van der Waals surface area contributed by atoms with Crippen LogP contribution >= 0.6 is 11.6 Å². The number of rotatable bonds is 3. The number of benzene rings is 1. The highest BCUT2D eigenvalue weighted by Crippen LogP contribution is 2.49. The molecule has 3 nitrogen and oxygen atoms in total. The zero-order valence-electron chi connectivity index (χ0n) is 13.6. The van der Waals surface area contributed by atoms with Crippen molar-refractivity contribution < 1.29 is 4.79 Å². The molecule has 23 heavy (non-hydrogen) atoms. The number of para-hydroxylation sites is 1. The maximum atomic E-state index is 12.6. The van der Waals surface area contributed by atoms with Gasteiger partial charge < -0.3 is 9.80 Å². The average molecular weight is 333 g/mol. The van der Waals surface area contributed by atoms with E-state index in [0.717, 1.165) is 55.1 Å². The van der Waals surface area contributed by atoms with E-state index in [0.29, 0.717) is 11.8 Å². The van der Waals surface area contributed by atoms with Gasteiger partial charge >= 0.3 is 0 Å². The lowest BCUT2D eigenvalue weighted by Crippen LogP contribution is -2.49. The molecule has 3 atom stereocenters. The van der Waals surface area contributed by atoms with Gasteiger partial charge in [-0.25, -0.2) is 0 Å². The van der Waals surface area contributed by atoms with E-state index in [1.807, 2.05) is 18.2 Å². The van der Waals surface area contributed by atoms with Gasteiger partial charge in [-0.2, -0.15) is 0 Å².